The first kappa shape index (κ1) is 21.3. The van der Waals surface area contributed by atoms with Gasteiger partial charge < -0.3 is 19.9 Å². The lowest BCUT2D eigenvalue weighted by Crippen LogP contribution is -2.80. The summed E-state index contributed by atoms with van der Waals surface area (Å²) in [6, 6.07) is 13.9. The number of hydrogen-bond donors (Lipinski definition) is 2. The number of nitrogens with zero attached hydrogens (tertiary/aromatic N) is 1. The van der Waals surface area contributed by atoms with E-state index in [1.165, 1.54) is 24.0 Å². The van der Waals surface area contributed by atoms with Crippen LogP contribution in [-0.4, -0.2) is 53.9 Å². The third kappa shape index (κ3) is 2.38. The minimum absolute atomic E-state index is 0.0250. The number of hydrogen-bond acceptors (Lipinski definition) is 5. The van der Waals surface area contributed by atoms with Crippen LogP contribution in [-0.2, 0) is 21.4 Å². The van der Waals surface area contributed by atoms with Crippen molar-refractivity contribution in [2.75, 3.05) is 25.5 Å². The van der Waals surface area contributed by atoms with E-state index in [1.807, 2.05) is 30.3 Å². The fraction of sp³-hybridized carbons (Fsp3) is 0.500. The number of piperidine rings is 1. The van der Waals surface area contributed by atoms with Crippen LogP contribution in [0, 0.1) is 17.3 Å². The average Bonchev–Trinajstić information content (AvgIpc) is 3.64. The zero-order valence-corrected chi connectivity index (χ0v) is 20.6. The van der Waals surface area contributed by atoms with Crippen molar-refractivity contribution in [1.29, 1.82) is 0 Å². The fourth-order valence-corrected chi connectivity index (χ4v) is 8.83. The lowest BCUT2D eigenvalue weighted by Gasteiger charge is -2.71. The van der Waals surface area contributed by atoms with Crippen LogP contribution in [0.4, 0.5) is 5.69 Å². The van der Waals surface area contributed by atoms with Gasteiger partial charge in [0.1, 0.15) is 11.7 Å². The molecule has 5 aliphatic carbocycles. The summed E-state index contributed by atoms with van der Waals surface area (Å²) in [6.45, 7) is 2.16. The van der Waals surface area contributed by atoms with Crippen LogP contribution in [0.15, 0.2) is 54.6 Å². The van der Waals surface area contributed by atoms with Crippen LogP contribution in [0.1, 0.15) is 36.8 Å². The summed E-state index contributed by atoms with van der Waals surface area (Å²) in [6.07, 6.45) is 9.44. The molecule has 36 heavy (non-hydrogen) atoms. The molecular weight excluding hydrogens is 452 g/mol. The number of nitrogens with one attached hydrogen (secondary N) is 1. The van der Waals surface area contributed by atoms with E-state index in [0.717, 1.165) is 44.0 Å². The van der Waals surface area contributed by atoms with Crippen LogP contribution >= 0.6 is 0 Å². The maximum Gasteiger partial charge on any atom is 0.230 e. The average molecular weight is 485 g/mol. The van der Waals surface area contributed by atoms with Crippen molar-refractivity contribution in [2.24, 2.45) is 17.3 Å². The van der Waals surface area contributed by atoms with Crippen molar-refractivity contribution < 1.29 is 19.4 Å². The molecule has 186 valence electrons. The molecule has 4 bridgehead atoms. The van der Waals surface area contributed by atoms with Crippen molar-refractivity contribution >= 4 is 11.6 Å². The van der Waals surface area contributed by atoms with Crippen LogP contribution in [0.5, 0.6) is 11.5 Å². The number of phenols is 1. The summed E-state index contributed by atoms with van der Waals surface area (Å²) >= 11 is 0. The summed E-state index contributed by atoms with van der Waals surface area (Å²) < 4.78 is 13.1. The molecule has 6 nitrogen and oxygen atoms in total. The number of rotatable bonds is 5. The topological polar surface area (TPSA) is 71.0 Å². The first-order valence-electron chi connectivity index (χ1n) is 13.4. The van der Waals surface area contributed by atoms with E-state index in [2.05, 4.69) is 28.4 Å². The predicted molar refractivity (Wildman–Crippen MR) is 135 cm³/mol. The van der Waals surface area contributed by atoms with Gasteiger partial charge in [-0.2, -0.15) is 0 Å². The molecular formula is C30H32N2O4. The normalized spacial score (nSPS) is 39.0. The molecule has 2 saturated carbocycles. The Morgan fingerprint density at radius 3 is 2.81 bits per heavy atom. The molecule has 2 aliphatic heterocycles. The quantitative estimate of drug-likeness (QED) is 0.627. The fourth-order valence-electron chi connectivity index (χ4n) is 8.83. The highest BCUT2D eigenvalue weighted by molar-refractivity contribution is 5.94. The molecule has 3 fully saturated rings. The number of amides is 1. The number of fused-ring (bicyclic) bond motifs is 1. The van der Waals surface area contributed by atoms with Crippen molar-refractivity contribution in [3.05, 3.63) is 65.7 Å². The van der Waals surface area contributed by atoms with Gasteiger partial charge in [-0.3, -0.25) is 9.69 Å². The number of likely N-dealkylation sites (tertiary alicyclic amines) is 1. The summed E-state index contributed by atoms with van der Waals surface area (Å²) in [5, 5.41) is 14.1. The van der Waals surface area contributed by atoms with Gasteiger partial charge in [-0.15, -0.1) is 0 Å². The minimum atomic E-state index is -0.899. The van der Waals surface area contributed by atoms with Crippen molar-refractivity contribution in [3.8, 4) is 11.5 Å². The van der Waals surface area contributed by atoms with Crippen LogP contribution in [0.25, 0.3) is 0 Å². The Balaban J connectivity index is 1.31. The molecule has 1 amide bonds. The largest absolute Gasteiger partial charge is 0.504 e. The second-order valence-electron chi connectivity index (χ2n) is 11.9. The highest BCUT2D eigenvalue weighted by Crippen LogP contribution is 2.74. The number of carbonyl (C=O) groups is 1. The van der Waals surface area contributed by atoms with Crippen LogP contribution < -0.4 is 10.1 Å². The Hall–Kier alpha value is -2.83. The third-order valence-corrected chi connectivity index (χ3v) is 10.5. The maximum atomic E-state index is 14.0. The molecule has 0 radical (unpaired) electrons. The van der Waals surface area contributed by atoms with E-state index >= 15 is 0 Å². The van der Waals surface area contributed by atoms with Crippen LogP contribution in [0.2, 0.25) is 0 Å². The Morgan fingerprint density at radius 1 is 1.19 bits per heavy atom. The van der Waals surface area contributed by atoms with E-state index in [4.69, 9.17) is 9.47 Å². The van der Waals surface area contributed by atoms with E-state index in [1.54, 1.807) is 13.2 Å². The summed E-state index contributed by atoms with van der Waals surface area (Å²) in [7, 11) is 1.71. The Bertz CT molecular complexity index is 1310. The number of benzene rings is 2. The molecule has 6 heteroatoms. The summed E-state index contributed by atoms with van der Waals surface area (Å²) in [4.78, 5) is 16.7. The number of aromatic hydroxyl groups is 1. The zero-order valence-electron chi connectivity index (χ0n) is 20.6. The minimum Gasteiger partial charge on any atom is -0.504 e. The van der Waals surface area contributed by atoms with Gasteiger partial charge in [0.2, 0.25) is 5.91 Å². The monoisotopic (exact) mass is 484 g/mol. The van der Waals surface area contributed by atoms with Gasteiger partial charge in [-0.1, -0.05) is 36.4 Å². The highest BCUT2D eigenvalue weighted by Gasteiger charge is 2.80. The van der Waals surface area contributed by atoms with Gasteiger partial charge in [0.25, 0.3) is 0 Å². The smallest absolute Gasteiger partial charge is 0.230 e. The second kappa shape index (κ2) is 6.93. The van der Waals surface area contributed by atoms with Crippen molar-refractivity contribution in [1.82, 2.24) is 4.90 Å². The number of ether oxygens (including phenoxy) is 2. The number of phenolic OH excluding ortho intramolecular Hbond substituents is 1. The summed E-state index contributed by atoms with van der Waals surface area (Å²) in [5.41, 5.74) is 1.83. The molecule has 1 saturated heterocycles. The molecule has 2 heterocycles. The number of carbonyl (C=O) groups excluding carboxylic acids is 1. The van der Waals surface area contributed by atoms with Crippen molar-refractivity contribution in [3.63, 3.8) is 0 Å². The lowest BCUT2D eigenvalue weighted by atomic mass is 9.37. The van der Waals surface area contributed by atoms with Gasteiger partial charge >= 0.3 is 0 Å². The standard InChI is InChI=1S/C30H32N2O4/c1-35-30-12-11-28(16-21(30)26(34)31-20-5-3-2-4-6-20)23-15-19-9-10-22(33)25-24(19)29(28,27(30)36-25)13-14-32(23)17-18-7-8-18/h2-6,9-12,18,21,23,27,33H,7-8,13-17H2,1H3,(H,31,34)/t21-,23+,27?,28-,29+,30?/m1/s1. The maximum absolute atomic E-state index is 14.0. The predicted octanol–water partition coefficient (Wildman–Crippen LogP) is 4.03. The van der Waals surface area contributed by atoms with Gasteiger partial charge in [-0.25, -0.2) is 0 Å². The molecule has 2 unspecified atom stereocenters. The molecule has 6 atom stereocenters. The van der Waals surface area contributed by atoms with E-state index in [9.17, 15) is 9.90 Å². The molecule has 7 aliphatic rings. The van der Waals surface area contributed by atoms with E-state index in [-0.39, 0.29) is 28.6 Å². The second-order valence-corrected chi connectivity index (χ2v) is 11.9. The third-order valence-electron chi connectivity index (χ3n) is 10.5. The molecule has 2 aromatic rings. The summed E-state index contributed by atoms with van der Waals surface area (Å²) in [5.74, 6) is 1.19. The van der Waals surface area contributed by atoms with Crippen molar-refractivity contribution in [2.45, 2.75) is 55.3 Å². The Labute approximate surface area is 211 Å². The van der Waals surface area contributed by atoms with Gasteiger partial charge in [0, 0.05) is 36.4 Å². The number of para-hydroxylation sites is 1. The van der Waals surface area contributed by atoms with Gasteiger partial charge in [-0.05, 0) is 68.3 Å². The number of anilines is 1. The molecule has 0 aromatic heterocycles. The molecule has 2 N–H and O–H groups in total. The van der Waals surface area contributed by atoms with Gasteiger partial charge in [0.05, 0.1) is 11.3 Å². The number of methoxy groups -OCH3 is 1. The zero-order chi connectivity index (χ0) is 24.3. The first-order valence-corrected chi connectivity index (χ1v) is 13.4. The lowest BCUT2D eigenvalue weighted by molar-refractivity contribution is -0.214. The van der Waals surface area contributed by atoms with Gasteiger partial charge in [0.15, 0.2) is 11.5 Å². The molecule has 2 aromatic carbocycles. The Morgan fingerprint density at radius 2 is 2.03 bits per heavy atom. The molecule has 2 spiro atoms. The highest BCUT2D eigenvalue weighted by atomic mass is 16.6. The SMILES string of the molecule is COC12C=C[C@@]3(C[C@@H]1C(=O)Nc1ccccc1)[C@@H]1Cc4ccc(O)c5c4[C@@]3(CCN1CC1CC1)C2O5. The van der Waals surface area contributed by atoms with E-state index < -0.39 is 11.5 Å². The Kier molecular flexibility index (Phi) is 4.09. The molecule has 9 rings (SSSR count). The van der Waals surface area contributed by atoms with Crippen LogP contribution in [0.3, 0.4) is 0 Å². The van der Waals surface area contributed by atoms with E-state index in [0.29, 0.717) is 11.8 Å². The first-order chi connectivity index (χ1) is 17.5.